The summed E-state index contributed by atoms with van der Waals surface area (Å²) < 4.78 is 12.1. The fourth-order valence-corrected chi connectivity index (χ4v) is 3.93. The molecule has 0 atom stereocenters. The molecule has 3 heteroatoms. The molecule has 0 unspecified atom stereocenters. The minimum absolute atomic E-state index is 0.152. The number of carbonyl (C=O) groups is 1. The summed E-state index contributed by atoms with van der Waals surface area (Å²) in [5.41, 5.74) is 8.99. The Kier molecular flexibility index (Phi) is 5.82. The van der Waals surface area contributed by atoms with E-state index in [9.17, 15) is 4.79 Å². The highest BCUT2D eigenvalue weighted by Crippen LogP contribution is 2.35. The van der Waals surface area contributed by atoms with Gasteiger partial charge in [0.15, 0.2) is 11.5 Å². The molecule has 0 spiro atoms. The van der Waals surface area contributed by atoms with Crippen LogP contribution in [-0.4, -0.2) is 12.4 Å². The van der Waals surface area contributed by atoms with Crippen LogP contribution in [0.5, 0.6) is 0 Å². The number of fused-ring (bicyclic) bond motifs is 1. The third-order valence-electron chi connectivity index (χ3n) is 5.56. The maximum Gasteiger partial charge on any atom is 0.297 e. The van der Waals surface area contributed by atoms with Crippen molar-refractivity contribution in [1.82, 2.24) is 0 Å². The van der Waals surface area contributed by atoms with E-state index in [1.807, 2.05) is 84.9 Å². The zero-order valence-corrected chi connectivity index (χ0v) is 18.3. The van der Waals surface area contributed by atoms with Crippen LogP contribution in [-0.2, 0) is 14.3 Å². The minimum atomic E-state index is -0.173. The Morgan fingerprint density at radius 3 is 2.18 bits per heavy atom. The normalized spacial score (nSPS) is 17.8. The number of ether oxygens (including phenoxy) is 2. The van der Waals surface area contributed by atoms with Crippen LogP contribution in [0.15, 0.2) is 120 Å². The predicted octanol–water partition coefficient (Wildman–Crippen LogP) is 6.17. The minimum Gasteiger partial charge on any atom is -0.460 e. The van der Waals surface area contributed by atoms with E-state index in [4.69, 9.17) is 15.9 Å². The maximum absolute atomic E-state index is 12.8. The van der Waals surface area contributed by atoms with Crippen LogP contribution in [0, 0.1) is 12.3 Å². The summed E-state index contributed by atoms with van der Waals surface area (Å²) >= 11 is 0. The Balaban J connectivity index is 1.72. The smallest absolute Gasteiger partial charge is 0.297 e. The number of ketones is 1. The standard InChI is InChI=1S/C31H20O3/c1-2-11-25-21-33-31(30-26-17-10-9-16-24(26)18-19-28(30)32)34-29(25)20-27(22-12-5-3-6-13-22)23-14-7-4-8-15-23/h1,3-19H,21H2/b25-11+,31-30-. The first kappa shape index (κ1) is 21.1. The molecule has 34 heavy (non-hydrogen) atoms. The highest BCUT2D eigenvalue weighted by Gasteiger charge is 2.28. The molecule has 162 valence electrons. The molecule has 2 aliphatic rings. The molecule has 0 radical (unpaired) electrons. The molecule has 1 fully saturated rings. The average Bonchev–Trinajstić information content (AvgIpc) is 2.89. The summed E-state index contributed by atoms with van der Waals surface area (Å²) in [5.74, 6) is 2.96. The molecule has 1 heterocycles. The quantitative estimate of drug-likeness (QED) is 0.272. The van der Waals surface area contributed by atoms with Crippen LogP contribution in [0.1, 0.15) is 22.3 Å². The summed E-state index contributed by atoms with van der Waals surface area (Å²) in [6.45, 7) is 0.168. The van der Waals surface area contributed by atoms with Crippen molar-refractivity contribution in [2.45, 2.75) is 0 Å². The fourth-order valence-electron chi connectivity index (χ4n) is 3.93. The van der Waals surface area contributed by atoms with Gasteiger partial charge in [-0.25, -0.2) is 0 Å². The van der Waals surface area contributed by atoms with Gasteiger partial charge in [0.25, 0.3) is 5.95 Å². The van der Waals surface area contributed by atoms with Gasteiger partial charge in [-0.05, 0) is 28.8 Å². The average molecular weight is 440 g/mol. The molecule has 0 aromatic heterocycles. The molecule has 0 saturated carbocycles. The summed E-state index contributed by atoms with van der Waals surface area (Å²) in [4.78, 5) is 12.8. The largest absolute Gasteiger partial charge is 0.460 e. The first-order valence-corrected chi connectivity index (χ1v) is 10.9. The number of terminal acetylenes is 1. The first-order chi connectivity index (χ1) is 16.7. The molecule has 0 N–H and O–H groups in total. The number of hydrogen-bond acceptors (Lipinski definition) is 3. The van der Waals surface area contributed by atoms with Crippen molar-refractivity contribution in [3.8, 4) is 12.3 Å². The van der Waals surface area contributed by atoms with Crippen LogP contribution in [0.4, 0.5) is 0 Å². The summed E-state index contributed by atoms with van der Waals surface area (Å²) in [7, 11) is 0. The molecule has 1 aliphatic heterocycles. The van der Waals surface area contributed by atoms with Gasteiger partial charge in [-0.3, -0.25) is 4.79 Å². The van der Waals surface area contributed by atoms with Crippen molar-refractivity contribution < 1.29 is 14.3 Å². The van der Waals surface area contributed by atoms with E-state index in [1.165, 1.54) is 6.08 Å². The first-order valence-electron chi connectivity index (χ1n) is 10.9. The molecule has 0 amide bonds. The van der Waals surface area contributed by atoms with Crippen molar-refractivity contribution in [1.29, 1.82) is 0 Å². The second-order valence-electron chi connectivity index (χ2n) is 7.74. The highest BCUT2D eigenvalue weighted by molar-refractivity contribution is 6.30. The van der Waals surface area contributed by atoms with Crippen molar-refractivity contribution in [2.75, 3.05) is 6.61 Å². The van der Waals surface area contributed by atoms with E-state index in [0.29, 0.717) is 16.9 Å². The van der Waals surface area contributed by atoms with Crippen LogP contribution in [0.25, 0.3) is 17.2 Å². The van der Waals surface area contributed by atoms with Crippen LogP contribution in [0.3, 0.4) is 0 Å². The number of hydrogen-bond donors (Lipinski definition) is 0. The summed E-state index contributed by atoms with van der Waals surface area (Å²) in [6, 6.07) is 27.6. The van der Waals surface area contributed by atoms with Gasteiger partial charge in [0, 0.05) is 16.7 Å². The Morgan fingerprint density at radius 1 is 0.853 bits per heavy atom. The molecule has 1 saturated heterocycles. The van der Waals surface area contributed by atoms with Crippen LogP contribution >= 0.6 is 0 Å². The maximum atomic E-state index is 12.8. The highest BCUT2D eigenvalue weighted by atomic mass is 16.7. The molecular formula is C31H20O3. The van der Waals surface area contributed by atoms with E-state index in [1.54, 1.807) is 12.2 Å². The molecule has 3 nitrogen and oxygen atoms in total. The van der Waals surface area contributed by atoms with Crippen LogP contribution in [0.2, 0.25) is 0 Å². The molecule has 5 rings (SSSR count). The Labute approximate surface area is 198 Å². The third kappa shape index (κ3) is 4.14. The lowest BCUT2D eigenvalue weighted by Gasteiger charge is -2.24. The molecule has 0 bridgehead atoms. The predicted molar refractivity (Wildman–Crippen MR) is 134 cm³/mol. The third-order valence-corrected chi connectivity index (χ3v) is 5.56. The van der Waals surface area contributed by atoms with Crippen LogP contribution < -0.4 is 0 Å². The number of benzene rings is 3. The van der Waals surface area contributed by atoms with Crippen molar-refractivity contribution in [3.05, 3.63) is 142 Å². The fraction of sp³-hybridized carbons (Fsp3) is 0.0323. The van der Waals surface area contributed by atoms with Crippen molar-refractivity contribution in [3.63, 3.8) is 0 Å². The van der Waals surface area contributed by atoms with Gasteiger partial charge in [-0.2, -0.15) is 0 Å². The van der Waals surface area contributed by atoms with Gasteiger partial charge in [0.1, 0.15) is 12.2 Å². The molecule has 3 aromatic rings. The SMILES string of the molecule is C#C/C=C1\CO/C(=C2/C(=O)C=Cc3ccccc32)OC1=C=C(c1ccccc1)c1ccccc1. The van der Waals surface area contributed by atoms with Crippen molar-refractivity contribution in [2.24, 2.45) is 0 Å². The van der Waals surface area contributed by atoms with E-state index in [-0.39, 0.29) is 18.3 Å². The zero-order chi connectivity index (χ0) is 23.3. The Bertz CT molecular complexity index is 1410. The van der Waals surface area contributed by atoms with Gasteiger partial charge >= 0.3 is 0 Å². The van der Waals surface area contributed by atoms with E-state index >= 15 is 0 Å². The van der Waals surface area contributed by atoms with Gasteiger partial charge < -0.3 is 9.47 Å². The second kappa shape index (κ2) is 9.38. The molecule has 1 aliphatic carbocycles. The summed E-state index contributed by atoms with van der Waals surface area (Å²) in [5, 5.41) is 0. The second-order valence-corrected chi connectivity index (χ2v) is 7.74. The monoisotopic (exact) mass is 440 g/mol. The van der Waals surface area contributed by atoms with Gasteiger partial charge in [-0.1, -0.05) is 103 Å². The van der Waals surface area contributed by atoms with Gasteiger partial charge in [0.05, 0.1) is 0 Å². The Morgan fingerprint density at radius 2 is 1.50 bits per heavy atom. The Hall–Kier alpha value is -4.77. The number of carbonyl (C=O) groups excluding carboxylic acids is 1. The zero-order valence-electron chi connectivity index (χ0n) is 18.3. The van der Waals surface area contributed by atoms with Gasteiger partial charge in [0.2, 0.25) is 0 Å². The topological polar surface area (TPSA) is 35.5 Å². The lowest BCUT2D eigenvalue weighted by molar-refractivity contribution is -0.110. The lowest BCUT2D eigenvalue weighted by Crippen LogP contribution is -2.17. The lowest BCUT2D eigenvalue weighted by atomic mass is 9.92. The summed E-state index contributed by atoms with van der Waals surface area (Å²) in [6.07, 6.45) is 10.5. The van der Waals surface area contributed by atoms with E-state index in [0.717, 1.165) is 27.8 Å². The van der Waals surface area contributed by atoms with Crippen molar-refractivity contribution >= 4 is 23.0 Å². The number of rotatable bonds is 2. The van der Waals surface area contributed by atoms with Gasteiger partial charge in [-0.15, -0.1) is 6.42 Å². The number of allylic oxidation sites excluding steroid dienone is 3. The molecular weight excluding hydrogens is 420 g/mol. The van der Waals surface area contributed by atoms with E-state index in [2.05, 4.69) is 11.7 Å². The van der Waals surface area contributed by atoms with E-state index < -0.39 is 0 Å². The molecule has 3 aromatic carbocycles.